The van der Waals surface area contributed by atoms with Crippen molar-refractivity contribution < 1.29 is 9.59 Å². The Morgan fingerprint density at radius 1 is 1.25 bits per heavy atom. The van der Waals surface area contributed by atoms with Crippen molar-refractivity contribution >= 4 is 40.7 Å². The quantitative estimate of drug-likeness (QED) is 0.763. The molecule has 2 amide bonds. The molecule has 132 valence electrons. The molecule has 1 heterocycles. The van der Waals surface area contributed by atoms with Crippen LogP contribution in [0.5, 0.6) is 0 Å². The van der Waals surface area contributed by atoms with Crippen LogP contribution in [-0.4, -0.2) is 35.8 Å². The fraction of sp³-hybridized carbons (Fsp3) is 0.556. The Kier molecular flexibility index (Phi) is 6.93. The number of rotatable bonds is 5. The van der Waals surface area contributed by atoms with E-state index in [2.05, 4.69) is 6.92 Å². The average molecular weight is 371 g/mol. The van der Waals surface area contributed by atoms with E-state index in [0.29, 0.717) is 34.7 Å². The zero-order valence-corrected chi connectivity index (χ0v) is 15.7. The first kappa shape index (κ1) is 19.1. The average Bonchev–Trinajstić information content (AvgIpc) is 2.57. The lowest BCUT2D eigenvalue weighted by molar-refractivity contribution is -0.134. The summed E-state index contributed by atoms with van der Waals surface area (Å²) in [6, 6.07) is 5.40. The van der Waals surface area contributed by atoms with Gasteiger partial charge in [-0.05, 0) is 43.9 Å². The fourth-order valence-electron chi connectivity index (χ4n) is 3.23. The molecule has 1 aliphatic heterocycles. The molecule has 0 bridgehead atoms. The third kappa shape index (κ3) is 4.64. The molecule has 0 radical (unpaired) electrons. The van der Waals surface area contributed by atoms with E-state index in [0.717, 1.165) is 25.8 Å². The second-order valence-electron chi connectivity index (χ2n) is 6.16. The molecule has 1 saturated heterocycles. The van der Waals surface area contributed by atoms with Crippen LogP contribution in [-0.2, 0) is 9.59 Å². The maximum absolute atomic E-state index is 12.6. The van der Waals surface area contributed by atoms with Gasteiger partial charge >= 0.3 is 0 Å². The Bertz CT molecular complexity index is 607. The van der Waals surface area contributed by atoms with Gasteiger partial charge in [0.05, 0.1) is 10.0 Å². The first-order valence-electron chi connectivity index (χ1n) is 8.46. The molecule has 6 heteroatoms. The minimum absolute atomic E-state index is 0.118. The lowest BCUT2D eigenvalue weighted by Crippen LogP contribution is -2.44. The molecule has 1 unspecified atom stereocenters. The van der Waals surface area contributed by atoms with Crippen LogP contribution < -0.4 is 4.90 Å². The third-order valence-electron chi connectivity index (χ3n) is 4.56. The zero-order valence-electron chi connectivity index (χ0n) is 14.2. The third-order valence-corrected chi connectivity index (χ3v) is 5.30. The molecule has 1 aromatic rings. The number of carbonyl (C=O) groups is 2. The molecule has 1 aromatic carbocycles. The minimum Gasteiger partial charge on any atom is -0.340 e. The van der Waals surface area contributed by atoms with Crippen LogP contribution in [0.2, 0.25) is 10.0 Å². The van der Waals surface area contributed by atoms with E-state index in [1.165, 1.54) is 13.3 Å². The van der Waals surface area contributed by atoms with Gasteiger partial charge in [-0.1, -0.05) is 30.1 Å². The molecular formula is C18H24Cl2N2O2. The second kappa shape index (κ2) is 8.72. The van der Waals surface area contributed by atoms with E-state index in [-0.39, 0.29) is 11.8 Å². The number of piperidine rings is 1. The highest BCUT2D eigenvalue weighted by molar-refractivity contribution is 6.42. The molecule has 0 spiro atoms. The summed E-state index contributed by atoms with van der Waals surface area (Å²) in [5.41, 5.74) is 0.662. The maximum atomic E-state index is 12.6. The summed E-state index contributed by atoms with van der Waals surface area (Å²) in [6.45, 7) is 4.78. The smallest absolute Gasteiger partial charge is 0.224 e. The number of nitrogens with zero attached hydrogens (tertiary/aromatic N) is 2. The van der Waals surface area contributed by atoms with E-state index in [4.69, 9.17) is 23.2 Å². The second-order valence-corrected chi connectivity index (χ2v) is 6.98. The summed E-state index contributed by atoms with van der Waals surface area (Å²) in [5, 5.41) is 0.841. The monoisotopic (exact) mass is 370 g/mol. The van der Waals surface area contributed by atoms with Crippen molar-refractivity contribution in [2.45, 2.75) is 52.0 Å². The van der Waals surface area contributed by atoms with Crippen molar-refractivity contribution in [3.8, 4) is 0 Å². The summed E-state index contributed by atoms with van der Waals surface area (Å²) in [5.74, 6) is -0.000245. The Labute approximate surface area is 153 Å². The van der Waals surface area contributed by atoms with Gasteiger partial charge in [0, 0.05) is 38.2 Å². The van der Waals surface area contributed by atoms with Crippen molar-refractivity contribution in [2.24, 2.45) is 0 Å². The summed E-state index contributed by atoms with van der Waals surface area (Å²) in [7, 11) is 0. The molecule has 1 fully saturated rings. The lowest BCUT2D eigenvalue weighted by atomic mass is 9.99. The van der Waals surface area contributed by atoms with Gasteiger partial charge in [0.15, 0.2) is 0 Å². The summed E-state index contributed by atoms with van der Waals surface area (Å²) >= 11 is 12.0. The number of carbonyl (C=O) groups excluding carboxylic acids is 2. The lowest BCUT2D eigenvalue weighted by Gasteiger charge is -2.35. The van der Waals surface area contributed by atoms with E-state index in [9.17, 15) is 9.59 Å². The topological polar surface area (TPSA) is 40.6 Å². The van der Waals surface area contributed by atoms with Gasteiger partial charge in [-0.3, -0.25) is 9.59 Å². The number of amides is 2. The van der Waals surface area contributed by atoms with Crippen LogP contribution in [0.1, 0.15) is 46.0 Å². The van der Waals surface area contributed by atoms with Gasteiger partial charge in [-0.2, -0.15) is 0 Å². The number of hydrogen-bond donors (Lipinski definition) is 0. The number of likely N-dealkylation sites (tertiary alicyclic amines) is 1. The van der Waals surface area contributed by atoms with Gasteiger partial charge in [-0.25, -0.2) is 0 Å². The number of halogens is 2. The molecule has 0 N–H and O–H groups in total. The van der Waals surface area contributed by atoms with Crippen molar-refractivity contribution in [3.63, 3.8) is 0 Å². The van der Waals surface area contributed by atoms with Crippen molar-refractivity contribution in [1.29, 1.82) is 0 Å². The number of hydrogen-bond acceptors (Lipinski definition) is 2. The number of anilines is 1. The standard InChI is InChI=1S/C18H24Cl2N2O2/c1-3-14-6-4-5-10-22(14)18(24)9-11-21(13(2)23)15-7-8-16(19)17(20)12-15/h7-8,12,14H,3-6,9-11H2,1-2H3. The van der Waals surface area contributed by atoms with E-state index < -0.39 is 0 Å². The van der Waals surface area contributed by atoms with E-state index in [1.54, 1.807) is 23.1 Å². The number of benzene rings is 1. The van der Waals surface area contributed by atoms with Gasteiger partial charge < -0.3 is 9.80 Å². The molecule has 0 aliphatic carbocycles. The molecule has 4 nitrogen and oxygen atoms in total. The molecule has 2 rings (SSSR count). The summed E-state index contributed by atoms with van der Waals surface area (Å²) in [6.07, 6.45) is 4.62. The van der Waals surface area contributed by atoms with Gasteiger partial charge in [0.1, 0.15) is 0 Å². The maximum Gasteiger partial charge on any atom is 0.224 e. The highest BCUT2D eigenvalue weighted by Crippen LogP contribution is 2.28. The summed E-state index contributed by atoms with van der Waals surface area (Å²) < 4.78 is 0. The largest absolute Gasteiger partial charge is 0.340 e. The zero-order chi connectivity index (χ0) is 17.7. The van der Waals surface area contributed by atoms with Crippen molar-refractivity contribution in [1.82, 2.24) is 4.90 Å². The highest BCUT2D eigenvalue weighted by atomic mass is 35.5. The van der Waals surface area contributed by atoms with E-state index in [1.807, 2.05) is 4.90 Å². The Morgan fingerprint density at radius 3 is 2.62 bits per heavy atom. The SMILES string of the molecule is CCC1CCCCN1C(=O)CCN(C(C)=O)c1ccc(Cl)c(Cl)c1. The van der Waals surface area contributed by atoms with Gasteiger partial charge in [-0.15, -0.1) is 0 Å². The Hall–Kier alpha value is -1.26. The molecule has 1 aliphatic rings. The first-order chi connectivity index (χ1) is 11.4. The van der Waals surface area contributed by atoms with Crippen LogP contribution in [0.4, 0.5) is 5.69 Å². The predicted molar refractivity (Wildman–Crippen MR) is 98.7 cm³/mol. The van der Waals surface area contributed by atoms with Crippen molar-refractivity contribution in [3.05, 3.63) is 28.2 Å². The fourth-order valence-corrected chi connectivity index (χ4v) is 3.52. The van der Waals surface area contributed by atoms with Crippen LogP contribution in [0.15, 0.2) is 18.2 Å². The normalized spacial score (nSPS) is 17.7. The van der Waals surface area contributed by atoms with Gasteiger partial charge in [0.2, 0.25) is 11.8 Å². The Morgan fingerprint density at radius 2 is 2.00 bits per heavy atom. The summed E-state index contributed by atoms with van der Waals surface area (Å²) in [4.78, 5) is 28.1. The molecular weight excluding hydrogens is 347 g/mol. The Balaban J connectivity index is 2.04. The van der Waals surface area contributed by atoms with Crippen LogP contribution in [0.25, 0.3) is 0 Å². The molecule has 0 aromatic heterocycles. The molecule has 1 atom stereocenters. The van der Waals surface area contributed by atoms with Crippen LogP contribution in [0, 0.1) is 0 Å². The first-order valence-corrected chi connectivity index (χ1v) is 9.22. The van der Waals surface area contributed by atoms with Crippen LogP contribution >= 0.6 is 23.2 Å². The predicted octanol–water partition coefficient (Wildman–Crippen LogP) is 4.53. The molecule has 0 saturated carbocycles. The minimum atomic E-state index is -0.119. The highest BCUT2D eigenvalue weighted by Gasteiger charge is 2.25. The van der Waals surface area contributed by atoms with E-state index >= 15 is 0 Å². The van der Waals surface area contributed by atoms with Crippen LogP contribution in [0.3, 0.4) is 0 Å². The van der Waals surface area contributed by atoms with Crippen molar-refractivity contribution in [2.75, 3.05) is 18.0 Å². The molecule has 24 heavy (non-hydrogen) atoms. The van der Waals surface area contributed by atoms with Gasteiger partial charge in [0.25, 0.3) is 0 Å².